The molecule has 1 aliphatic heterocycles. The first-order valence-corrected chi connectivity index (χ1v) is 13.0. The summed E-state index contributed by atoms with van der Waals surface area (Å²) in [5, 5.41) is 3.22. The van der Waals surface area contributed by atoms with E-state index in [1.165, 1.54) is 4.90 Å². The lowest BCUT2D eigenvalue weighted by Gasteiger charge is -2.58. The van der Waals surface area contributed by atoms with Crippen LogP contribution in [-0.4, -0.2) is 52.8 Å². The van der Waals surface area contributed by atoms with Gasteiger partial charge >= 0.3 is 6.03 Å². The van der Waals surface area contributed by atoms with Crippen molar-refractivity contribution in [3.05, 3.63) is 12.2 Å². The second kappa shape index (κ2) is 8.42. The Hall–Kier alpha value is -1.85. The average Bonchev–Trinajstić information content (AvgIpc) is 3.10. The molecular formula is C27H43N3O3. The van der Waals surface area contributed by atoms with Gasteiger partial charge in [0, 0.05) is 36.5 Å². The third-order valence-corrected chi connectivity index (χ3v) is 10.0. The third-order valence-electron chi connectivity index (χ3n) is 10.0. The molecule has 0 bridgehead atoms. The van der Waals surface area contributed by atoms with Crippen molar-refractivity contribution < 1.29 is 14.4 Å². The highest BCUT2D eigenvalue weighted by atomic mass is 16.2. The molecule has 4 aliphatic rings. The van der Waals surface area contributed by atoms with Crippen molar-refractivity contribution in [1.29, 1.82) is 0 Å². The minimum absolute atomic E-state index is 0.000161. The number of hydrogen-bond donors (Lipinski definition) is 1. The molecule has 6 heteroatoms. The van der Waals surface area contributed by atoms with E-state index in [2.05, 4.69) is 25.2 Å². The molecule has 0 saturated heterocycles. The van der Waals surface area contributed by atoms with Crippen LogP contribution in [-0.2, 0) is 9.59 Å². The van der Waals surface area contributed by atoms with Gasteiger partial charge < -0.3 is 10.2 Å². The second-order valence-corrected chi connectivity index (χ2v) is 12.2. The lowest BCUT2D eigenvalue weighted by atomic mass is 9.48. The highest BCUT2D eigenvalue weighted by Crippen LogP contribution is 2.65. The van der Waals surface area contributed by atoms with Crippen molar-refractivity contribution in [1.82, 2.24) is 15.1 Å². The standard InChI is InChI=1S/C27H43N3O3/c1-16(2)29(7)25(33)30(17(3)4)24(32)21-10-9-19-18-8-11-22-27(6,15-13-23(31)28-22)20(18)12-14-26(19,21)5/h13,15-22H,8-12,14H2,1-7H3,(H,28,31)/t18-,19-,20+,21?,22?,26-,27+/m0/s1. The maximum Gasteiger partial charge on any atom is 0.326 e. The van der Waals surface area contributed by atoms with Gasteiger partial charge in [-0.15, -0.1) is 0 Å². The number of imide groups is 1. The van der Waals surface area contributed by atoms with Crippen molar-refractivity contribution in [2.75, 3.05) is 7.05 Å². The fraction of sp³-hybridized carbons (Fsp3) is 0.815. The van der Waals surface area contributed by atoms with Crippen LogP contribution in [0.25, 0.3) is 0 Å². The predicted molar refractivity (Wildman–Crippen MR) is 129 cm³/mol. The Morgan fingerprint density at radius 2 is 1.70 bits per heavy atom. The molecule has 0 aromatic carbocycles. The van der Waals surface area contributed by atoms with E-state index in [1.54, 1.807) is 18.0 Å². The molecule has 3 fully saturated rings. The number of hydrogen-bond acceptors (Lipinski definition) is 3. The Balaban J connectivity index is 1.58. The molecule has 3 saturated carbocycles. The van der Waals surface area contributed by atoms with E-state index in [-0.39, 0.29) is 52.7 Å². The van der Waals surface area contributed by atoms with E-state index in [9.17, 15) is 14.4 Å². The lowest BCUT2D eigenvalue weighted by molar-refractivity contribution is -0.142. The summed E-state index contributed by atoms with van der Waals surface area (Å²) in [5.74, 6) is 1.57. The Morgan fingerprint density at radius 1 is 1.00 bits per heavy atom. The molecule has 1 heterocycles. The van der Waals surface area contributed by atoms with Crippen LogP contribution < -0.4 is 5.32 Å². The summed E-state index contributed by atoms with van der Waals surface area (Å²) in [6.45, 7) is 12.5. The zero-order chi connectivity index (χ0) is 24.3. The van der Waals surface area contributed by atoms with Crippen molar-refractivity contribution in [3.63, 3.8) is 0 Å². The number of urea groups is 1. The maximum absolute atomic E-state index is 13.9. The number of nitrogens with zero attached hydrogens (tertiary/aromatic N) is 2. The zero-order valence-corrected chi connectivity index (χ0v) is 21.6. The number of fused-ring (bicyclic) bond motifs is 5. The van der Waals surface area contributed by atoms with Gasteiger partial charge in [-0.3, -0.25) is 14.5 Å². The monoisotopic (exact) mass is 457 g/mol. The molecule has 2 unspecified atom stereocenters. The minimum atomic E-state index is -0.179. The van der Waals surface area contributed by atoms with Crippen molar-refractivity contribution in [3.8, 4) is 0 Å². The van der Waals surface area contributed by atoms with Gasteiger partial charge in [0.25, 0.3) is 0 Å². The maximum atomic E-state index is 13.9. The summed E-state index contributed by atoms with van der Waals surface area (Å²) in [6.07, 6.45) is 10.1. The van der Waals surface area contributed by atoms with Gasteiger partial charge in [-0.25, -0.2) is 4.79 Å². The van der Waals surface area contributed by atoms with Gasteiger partial charge in [-0.1, -0.05) is 19.9 Å². The first-order valence-electron chi connectivity index (χ1n) is 13.0. The van der Waals surface area contributed by atoms with Crippen molar-refractivity contribution in [2.45, 2.75) is 98.2 Å². The number of rotatable bonds is 3. The number of amides is 4. The molecule has 0 aromatic rings. The number of carbonyl (C=O) groups is 3. The average molecular weight is 458 g/mol. The molecule has 3 aliphatic carbocycles. The van der Waals surface area contributed by atoms with Crippen LogP contribution in [0, 0.1) is 34.5 Å². The SMILES string of the molecule is CC(C)N(C)C(=O)N(C(=O)C1CC[C@H]2[C@@H]3CCC4NC(=O)C=C[C@]4(C)[C@@H]3CC[C@]12C)C(C)C. The zero-order valence-electron chi connectivity index (χ0n) is 21.6. The molecule has 0 spiro atoms. The van der Waals surface area contributed by atoms with Crippen molar-refractivity contribution >= 4 is 17.8 Å². The van der Waals surface area contributed by atoms with E-state index < -0.39 is 0 Å². The molecule has 6 nitrogen and oxygen atoms in total. The van der Waals surface area contributed by atoms with E-state index in [0.29, 0.717) is 17.8 Å². The molecule has 184 valence electrons. The highest BCUT2D eigenvalue weighted by Gasteiger charge is 2.61. The smallest absolute Gasteiger partial charge is 0.326 e. The molecule has 0 radical (unpaired) electrons. The summed E-state index contributed by atoms with van der Waals surface area (Å²) in [4.78, 5) is 42.3. The second-order valence-electron chi connectivity index (χ2n) is 12.2. The van der Waals surface area contributed by atoms with Crippen LogP contribution in [0.4, 0.5) is 4.79 Å². The molecule has 7 atom stereocenters. The summed E-state index contributed by atoms with van der Waals surface area (Å²) in [6, 6.07) is -0.0636. The summed E-state index contributed by atoms with van der Waals surface area (Å²) in [5.41, 5.74) is -0.0624. The van der Waals surface area contributed by atoms with Crippen LogP contribution in [0.2, 0.25) is 0 Å². The van der Waals surface area contributed by atoms with Crippen LogP contribution in [0.5, 0.6) is 0 Å². The predicted octanol–water partition coefficient (Wildman–Crippen LogP) is 4.60. The molecule has 1 N–H and O–H groups in total. The minimum Gasteiger partial charge on any atom is -0.349 e. The quantitative estimate of drug-likeness (QED) is 0.673. The van der Waals surface area contributed by atoms with Crippen LogP contribution in [0.1, 0.15) is 80.1 Å². The van der Waals surface area contributed by atoms with E-state index in [4.69, 9.17) is 0 Å². The number of nitrogens with one attached hydrogen (secondary N) is 1. The summed E-state index contributed by atoms with van der Waals surface area (Å²) < 4.78 is 0. The Bertz CT molecular complexity index is 852. The van der Waals surface area contributed by atoms with Gasteiger partial charge in [0.1, 0.15) is 0 Å². The number of carbonyl (C=O) groups excluding carboxylic acids is 3. The third kappa shape index (κ3) is 3.72. The topological polar surface area (TPSA) is 69.7 Å². The van der Waals surface area contributed by atoms with Gasteiger partial charge in [-0.05, 0) is 95.5 Å². The normalized spacial score (nSPS) is 39.5. The van der Waals surface area contributed by atoms with Crippen LogP contribution >= 0.6 is 0 Å². The summed E-state index contributed by atoms with van der Waals surface area (Å²) >= 11 is 0. The molecule has 33 heavy (non-hydrogen) atoms. The van der Waals surface area contributed by atoms with Gasteiger partial charge in [0.2, 0.25) is 11.8 Å². The van der Waals surface area contributed by atoms with E-state index >= 15 is 0 Å². The Labute approximate surface area is 199 Å². The highest BCUT2D eigenvalue weighted by molar-refractivity contribution is 5.96. The van der Waals surface area contributed by atoms with Crippen molar-refractivity contribution in [2.24, 2.45) is 34.5 Å². The van der Waals surface area contributed by atoms with E-state index in [1.807, 2.05) is 27.7 Å². The Kier molecular flexibility index (Phi) is 6.20. The molecular weight excluding hydrogens is 414 g/mol. The van der Waals surface area contributed by atoms with Crippen LogP contribution in [0.3, 0.4) is 0 Å². The largest absolute Gasteiger partial charge is 0.349 e. The van der Waals surface area contributed by atoms with Gasteiger partial charge in [-0.2, -0.15) is 0 Å². The molecule has 4 rings (SSSR count). The fourth-order valence-corrected chi connectivity index (χ4v) is 7.87. The van der Waals surface area contributed by atoms with Gasteiger partial charge in [0.05, 0.1) is 0 Å². The fourth-order valence-electron chi connectivity index (χ4n) is 7.87. The molecule has 4 amide bonds. The lowest BCUT2D eigenvalue weighted by Crippen LogP contribution is -2.60. The van der Waals surface area contributed by atoms with Gasteiger partial charge in [0.15, 0.2) is 0 Å². The first kappa shape index (κ1) is 24.3. The summed E-state index contributed by atoms with van der Waals surface area (Å²) in [7, 11) is 1.79. The first-order chi connectivity index (χ1) is 15.4. The Morgan fingerprint density at radius 3 is 2.33 bits per heavy atom. The molecule has 0 aromatic heterocycles. The van der Waals surface area contributed by atoms with E-state index in [0.717, 1.165) is 38.5 Å². The van der Waals surface area contributed by atoms with Crippen LogP contribution in [0.15, 0.2) is 12.2 Å².